The van der Waals surface area contributed by atoms with Gasteiger partial charge in [-0.2, -0.15) is 0 Å². The van der Waals surface area contributed by atoms with E-state index in [1.54, 1.807) is 21.1 Å². The molecule has 13 heteroatoms. The van der Waals surface area contributed by atoms with Crippen molar-refractivity contribution >= 4 is 0 Å². The molecule has 3 aliphatic rings. The van der Waals surface area contributed by atoms with Crippen LogP contribution in [-0.2, 0) is 9.47 Å². The Morgan fingerprint density at radius 3 is 1.37 bits per heavy atom. The molecule has 0 aromatic carbocycles. The molecule has 41 heavy (non-hydrogen) atoms. The Bertz CT molecular complexity index is 756. The van der Waals surface area contributed by atoms with Crippen molar-refractivity contribution in [2.75, 3.05) is 67.4 Å². The maximum absolute atomic E-state index is 11.3. The molecule has 13 nitrogen and oxygen atoms in total. The van der Waals surface area contributed by atoms with Crippen LogP contribution in [0.3, 0.4) is 0 Å². The lowest BCUT2D eigenvalue weighted by molar-refractivity contribution is -0.121. The van der Waals surface area contributed by atoms with Crippen LogP contribution in [0.15, 0.2) is 0 Å². The van der Waals surface area contributed by atoms with Crippen LogP contribution >= 0.6 is 0 Å². The quantitative estimate of drug-likeness (QED) is 0.0929. The zero-order chi connectivity index (χ0) is 30.3. The summed E-state index contributed by atoms with van der Waals surface area (Å²) in [6.07, 6.45) is -3.08. The third kappa shape index (κ3) is 7.96. The summed E-state index contributed by atoms with van der Waals surface area (Å²) >= 11 is 0. The molecule has 15 atom stereocenters. The van der Waals surface area contributed by atoms with Gasteiger partial charge in [-0.05, 0) is 52.2 Å². The monoisotopic (exact) mass is 593 g/mol. The molecule has 0 saturated heterocycles. The molecule has 0 spiro atoms. The average Bonchev–Trinajstić information content (AvgIpc) is 2.96. The highest BCUT2D eigenvalue weighted by Gasteiger charge is 2.46. The molecule has 0 heterocycles. The molecule has 0 aliphatic heterocycles. The SMILES string of the molecule is CNC1[C@H](COC[C@H]2C(CO)C[C@@H](COC[C@@H]3C(CO)C[C@@H](O)C(NC)[C@@H]3O)C(NC)[C@@H]2O)CC(CO)[C@@H](O)[C@H]1O. The van der Waals surface area contributed by atoms with Gasteiger partial charge in [0.05, 0.1) is 63.0 Å². The number of aliphatic hydroxyl groups excluding tert-OH is 8. The summed E-state index contributed by atoms with van der Waals surface area (Å²) in [7, 11) is 5.16. The molecular weight excluding hydrogens is 538 g/mol. The van der Waals surface area contributed by atoms with Crippen LogP contribution in [0.1, 0.15) is 19.3 Å². The lowest BCUT2D eigenvalue weighted by Crippen LogP contribution is -2.59. The minimum Gasteiger partial charge on any atom is -0.396 e. The maximum Gasteiger partial charge on any atom is 0.0958 e. The van der Waals surface area contributed by atoms with Crippen molar-refractivity contribution in [2.24, 2.45) is 41.4 Å². The van der Waals surface area contributed by atoms with Crippen LogP contribution in [0.25, 0.3) is 0 Å². The van der Waals surface area contributed by atoms with Gasteiger partial charge < -0.3 is 66.3 Å². The summed E-state index contributed by atoms with van der Waals surface area (Å²) < 4.78 is 12.1. The fourth-order valence-electron chi connectivity index (χ4n) is 7.69. The van der Waals surface area contributed by atoms with E-state index in [1.165, 1.54) is 0 Å². The lowest BCUT2D eigenvalue weighted by Gasteiger charge is -2.46. The summed E-state index contributed by atoms with van der Waals surface area (Å²) in [4.78, 5) is 0. The van der Waals surface area contributed by atoms with Gasteiger partial charge in [-0.25, -0.2) is 0 Å². The van der Waals surface area contributed by atoms with Crippen LogP contribution in [-0.4, -0.2) is 157 Å². The van der Waals surface area contributed by atoms with Crippen LogP contribution in [0.2, 0.25) is 0 Å². The van der Waals surface area contributed by atoms with Gasteiger partial charge in [0.2, 0.25) is 0 Å². The van der Waals surface area contributed by atoms with Crippen molar-refractivity contribution in [1.82, 2.24) is 16.0 Å². The first-order valence-corrected chi connectivity index (χ1v) is 15.1. The molecule has 11 N–H and O–H groups in total. The first-order valence-electron chi connectivity index (χ1n) is 15.1. The zero-order valence-electron chi connectivity index (χ0n) is 24.6. The Balaban J connectivity index is 1.57. The Labute approximate surface area is 243 Å². The summed E-state index contributed by atoms with van der Waals surface area (Å²) in [5.74, 6) is -1.93. The molecule has 3 saturated carbocycles. The molecule has 3 fully saturated rings. The second-order valence-corrected chi connectivity index (χ2v) is 12.4. The van der Waals surface area contributed by atoms with E-state index in [-0.39, 0.29) is 87.8 Å². The predicted molar refractivity (Wildman–Crippen MR) is 150 cm³/mol. The van der Waals surface area contributed by atoms with Crippen LogP contribution < -0.4 is 16.0 Å². The lowest BCUT2D eigenvalue weighted by atomic mass is 9.70. The number of aliphatic hydroxyl groups is 8. The minimum absolute atomic E-state index is 0.114. The van der Waals surface area contributed by atoms with Crippen molar-refractivity contribution in [3.8, 4) is 0 Å². The number of hydrogen-bond donors (Lipinski definition) is 11. The van der Waals surface area contributed by atoms with Crippen molar-refractivity contribution < 1.29 is 50.3 Å². The minimum atomic E-state index is -1.03. The summed E-state index contributed by atoms with van der Waals surface area (Å²) in [5, 5.41) is 92.0. The number of ether oxygens (including phenoxy) is 2. The molecule has 0 radical (unpaired) electrons. The van der Waals surface area contributed by atoms with Crippen molar-refractivity contribution in [1.29, 1.82) is 0 Å². The Hall–Kier alpha value is -0.520. The fourth-order valence-corrected chi connectivity index (χ4v) is 7.69. The van der Waals surface area contributed by atoms with Crippen molar-refractivity contribution in [3.05, 3.63) is 0 Å². The van der Waals surface area contributed by atoms with Gasteiger partial charge in [-0.3, -0.25) is 0 Å². The van der Waals surface area contributed by atoms with Crippen LogP contribution in [0.4, 0.5) is 0 Å². The first-order chi connectivity index (χ1) is 19.7. The van der Waals surface area contributed by atoms with E-state index < -0.39 is 48.5 Å². The highest BCUT2D eigenvalue weighted by molar-refractivity contribution is 4.99. The molecule has 242 valence electrons. The Morgan fingerprint density at radius 2 is 0.902 bits per heavy atom. The van der Waals surface area contributed by atoms with Gasteiger partial charge in [0.15, 0.2) is 0 Å². The van der Waals surface area contributed by atoms with Gasteiger partial charge in [0.1, 0.15) is 0 Å². The second kappa shape index (κ2) is 16.5. The molecule has 3 rings (SSSR count). The highest BCUT2D eigenvalue weighted by Crippen LogP contribution is 2.37. The predicted octanol–water partition coefficient (Wildman–Crippen LogP) is -3.91. The second-order valence-electron chi connectivity index (χ2n) is 12.4. The average molecular weight is 594 g/mol. The number of hydrogen-bond acceptors (Lipinski definition) is 13. The maximum atomic E-state index is 11.3. The van der Waals surface area contributed by atoms with Crippen LogP contribution in [0.5, 0.6) is 0 Å². The number of rotatable bonds is 14. The molecule has 3 aliphatic carbocycles. The summed E-state index contributed by atoms with van der Waals surface area (Å²) in [6, 6.07) is -1.23. The topological polar surface area (TPSA) is 216 Å². The summed E-state index contributed by atoms with van der Waals surface area (Å²) in [6.45, 7) is 0.425. The molecular formula is C28H55N3O10. The van der Waals surface area contributed by atoms with E-state index >= 15 is 0 Å². The van der Waals surface area contributed by atoms with E-state index in [0.717, 1.165) is 0 Å². The molecule has 0 aromatic rings. The normalized spacial score (nSPS) is 45.6. The van der Waals surface area contributed by atoms with Gasteiger partial charge in [0.25, 0.3) is 0 Å². The van der Waals surface area contributed by atoms with E-state index in [4.69, 9.17) is 9.47 Å². The Morgan fingerprint density at radius 1 is 0.488 bits per heavy atom. The number of nitrogens with one attached hydrogen (secondary N) is 3. The summed E-state index contributed by atoms with van der Waals surface area (Å²) in [5.41, 5.74) is 0. The van der Waals surface area contributed by atoms with E-state index in [0.29, 0.717) is 19.3 Å². The zero-order valence-corrected chi connectivity index (χ0v) is 24.6. The van der Waals surface area contributed by atoms with Gasteiger partial charge >= 0.3 is 0 Å². The van der Waals surface area contributed by atoms with Crippen molar-refractivity contribution in [2.45, 2.75) is 67.9 Å². The van der Waals surface area contributed by atoms with Crippen molar-refractivity contribution in [3.63, 3.8) is 0 Å². The van der Waals surface area contributed by atoms with E-state index in [1.807, 2.05) is 0 Å². The Kier molecular flexibility index (Phi) is 14.1. The molecule has 6 unspecified atom stereocenters. The molecule has 0 aromatic heterocycles. The standard InChI is InChI=1S/C28H55N3O10/c1-29-22-17(10-40-13-20-15(8-33)6-21(35)24(31-3)27(20)38)4-14(7-32)19(26(22)37)12-41-11-18-5-16(9-34)25(36)28(39)23(18)30-2/h14-39H,4-13H2,1-3H3/t14?,15?,16?,17-,18-,19-,20+,21+,22?,23?,24?,25+,26+,27+,28-/m0/s1. The van der Waals surface area contributed by atoms with E-state index in [9.17, 15) is 40.9 Å². The first kappa shape index (κ1) is 35.0. The third-order valence-corrected chi connectivity index (χ3v) is 10.2. The van der Waals surface area contributed by atoms with Gasteiger partial charge in [-0.1, -0.05) is 0 Å². The van der Waals surface area contributed by atoms with Crippen LogP contribution in [0, 0.1) is 41.4 Å². The van der Waals surface area contributed by atoms with Gasteiger partial charge in [0, 0.05) is 61.5 Å². The molecule has 0 amide bonds. The fraction of sp³-hybridized carbons (Fsp3) is 1.00. The third-order valence-electron chi connectivity index (χ3n) is 10.2. The molecule has 0 bridgehead atoms. The largest absolute Gasteiger partial charge is 0.396 e. The van der Waals surface area contributed by atoms with E-state index in [2.05, 4.69) is 16.0 Å². The van der Waals surface area contributed by atoms with Gasteiger partial charge in [-0.15, -0.1) is 0 Å². The smallest absolute Gasteiger partial charge is 0.0958 e. The highest BCUT2D eigenvalue weighted by atomic mass is 16.5. The number of likely N-dealkylation sites (N-methyl/N-ethyl adjacent to an activating group) is 3.